The Kier molecular flexibility index (Phi) is 3.83. The van der Waals surface area contributed by atoms with Crippen LogP contribution in [-0.4, -0.2) is 44.3 Å². The molecule has 1 fully saturated rings. The van der Waals surface area contributed by atoms with Crippen molar-refractivity contribution in [1.82, 2.24) is 4.90 Å². The zero-order valence-corrected chi connectivity index (χ0v) is 7.25. The summed E-state index contributed by atoms with van der Waals surface area (Å²) in [5, 5.41) is 0. The Balaban J connectivity index is 2.12. The summed E-state index contributed by atoms with van der Waals surface area (Å²) in [7, 11) is 2.15. The van der Waals surface area contributed by atoms with Gasteiger partial charge >= 0.3 is 0 Å². The van der Waals surface area contributed by atoms with Crippen LogP contribution in [0, 0.1) is 0 Å². The molecule has 1 aliphatic heterocycles. The number of hydrogen-bond acceptors (Lipinski definition) is 3. The molecular weight excluding hydrogens is 140 g/mol. The number of likely N-dealkylation sites (N-methyl/N-ethyl adjacent to an activating group) is 1. The average Bonchev–Trinajstić information content (AvgIpc) is 2.52. The molecule has 1 saturated heterocycles. The van der Waals surface area contributed by atoms with Gasteiger partial charge in [-0.1, -0.05) is 0 Å². The van der Waals surface area contributed by atoms with Crippen molar-refractivity contribution in [3.05, 3.63) is 0 Å². The molecule has 0 amide bonds. The number of hydrogen-bond donors (Lipinski definition) is 1. The van der Waals surface area contributed by atoms with E-state index < -0.39 is 0 Å². The van der Waals surface area contributed by atoms with Gasteiger partial charge < -0.3 is 15.4 Å². The van der Waals surface area contributed by atoms with E-state index in [1.54, 1.807) is 0 Å². The van der Waals surface area contributed by atoms with Crippen LogP contribution in [0.15, 0.2) is 0 Å². The third-order valence-corrected chi connectivity index (χ3v) is 2.24. The maximum atomic E-state index is 5.42. The van der Waals surface area contributed by atoms with Crippen LogP contribution in [0.2, 0.25) is 0 Å². The summed E-state index contributed by atoms with van der Waals surface area (Å²) in [5.41, 5.74) is 5.42. The molecule has 0 radical (unpaired) electrons. The Labute approximate surface area is 68.5 Å². The Hall–Kier alpha value is -0.120. The van der Waals surface area contributed by atoms with Gasteiger partial charge in [-0.05, 0) is 33.0 Å². The van der Waals surface area contributed by atoms with E-state index in [0.717, 1.165) is 32.7 Å². The smallest absolute Gasteiger partial charge is 0.0622 e. The van der Waals surface area contributed by atoms with Crippen LogP contribution in [0.5, 0.6) is 0 Å². The predicted octanol–water partition coefficient (Wildman–Crippen LogP) is 0.0559. The Morgan fingerprint density at radius 3 is 3.00 bits per heavy atom. The molecule has 0 aromatic rings. The first-order valence-electron chi connectivity index (χ1n) is 4.32. The van der Waals surface area contributed by atoms with E-state index in [1.165, 1.54) is 6.42 Å². The van der Waals surface area contributed by atoms with Crippen molar-refractivity contribution in [2.24, 2.45) is 5.73 Å². The van der Waals surface area contributed by atoms with Crippen molar-refractivity contribution in [3.8, 4) is 0 Å². The molecule has 2 N–H and O–H groups in total. The highest BCUT2D eigenvalue weighted by molar-refractivity contribution is 4.72. The molecule has 3 nitrogen and oxygen atoms in total. The van der Waals surface area contributed by atoms with Crippen LogP contribution in [0.3, 0.4) is 0 Å². The van der Waals surface area contributed by atoms with Gasteiger partial charge in [-0.2, -0.15) is 0 Å². The van der Waals surface area contributed by atoms with Crippen LogP contribution in [0.1, 0.15) is 12.8 Å². The molecule has 11 heavy (non-hydrogen) atoms. The third kappa shape index (κ3) is 2.77. The minimum atomic E-state index is 0.640. The number of ether oxygens (including phenoxy) is 1. The molecule has 66 valence electrons. The minimum Gasteiger partial charge on any atom is -0.380 e. The SMILES string of the molecule is CN(CCCN)C1CCOC1. The first-order chi connectivity index (χ1) is 5.34. The summed E-state index contributed by atoms with van der Waals surface area (Å²) in [6, 6.07) is 0.640. The van der Waals surface area contributed by atoms with Crippen molar-refractivity contribution in [3.63, 3.8) is 0 Å². The van der Waals surface area contributed by atoms with Gasteiger partial charge in [-0.15, -0.1) is 0 Å². The monoisotopic (exact) mass is 158 g/mol. The van der Waals surface area contributed by atoms with Crippen molar-refractivity contribution in [2.75, 3.05) is 33.4 Å². The van der Waals surface area contributed by atoms with E-state index in [4.69, 9.17) is 10.5 Å². The van der Waals surface area contributed by atoms with Crippen molar-refractivity contribution < 1.29 is 4.74 Å². The summed E-state index contributed by atoms with van der Waals surface area (Å²) >= 11 is 0. The average molecular weight is 158 g/mol. The second kappa shape index (κ2) is 4.70. The molecule has 0 aliphatic carbocycles. The lowest BCUT2D eigenvalue weighted by atomic mass is 10.2. The standard InChI is InChI=1S/C8H18N2O/c1-10(5-2-4-9)8-3-6-11-7-8/h8H,2-7,9H2,1H3. The molecule has 0 spiro atoms. The zero-order valence-electron chi connectivity index (χ0n) is 7.25. The number of nitrogens with two attached hydrogens (primary N) is 1. The van der Waals surface area contributed by atoms with Gasteiger partial charge in [-0.25, -0.2) is 0 Å². The Morgan fingerprint density at radius 1 is 1.64 bits per heavy atom. The molecule has 0 saturated carbocycles. The van der Waals surface area contributed by atoms with Gasteiger partial charge in [0.2, 0.25) is 0 Å². The molecule has 1 atom stereocenters. The van der Waals surface area contributed by atoms with Gasteiger partial charge in [-0.3, -0.25) is 0 Å². The molecule has 0 bridgehead atoms. The van der Waals surface area contributed by atoms with E-state index in [2.05, 4.69) is 11.9 Å². The van der Waals surface area contributed by atoms with E-state index >= 15 is 0 Å². The molecule has 0 aromatic carbocycles. The van der Waals surface area contributed by atoms with Crippen LogP contribution in [0.25, 0.3) is 0 Å². The maximum Gasteiger partial charge on any atom is 0.0622 e. The lowest BCUT2D eigenvalue weighted by molar-refractivity contribution is 0.159. The van der Waals surface area contributed by atoms with Crippen LogP contribution in [0.4, 0.5) is 0 Å². The fraction of sp³-hybridized carbons (Fsp3) is 1.00. The van der Waals surface area contributed by atoms with E-state index in [9.17, 15) is 0 Å². The van der Waals surface area contributed by atoms with Crippen molar-refractivity contribution in [1.29, 1.82) is 0 Å². The highest BCUT2D eigenvalue weighted by Crippen LogP contribution is 2.09. The quantitative estimate of drug-likeness (QED) is 0.628. The molecule has 1 aliphatic rings. The highest BCUT2D eigenvalue weighted by atomic mass is 16.5. The topological polar surface area (TPSA) is 38.5 Å². The zero-order chi connectivity index (χ0) is 8.10. The second-order valence-corrected chi connectivity index (χ2v) is 3.14. The summed E-state index contributed by atoms with van der Waals surface area (Å²) in [6.45, 7) is 3.72. The predicted molar refractivity (Wildman–Crippen MR) is 45.5 cm³/mol. The lowest BCUT2D eigenvalue weighted by Crippen LogP contribution is -2.33. The summed E-state index contributed by atoms with van der Waals surface area (Å²) < 4.78 is 5.29. The van der Waals surface area contributed by atoms with Gasteiger partial charge in [0.15, 0.2) is 0 Å². The summed E-state index contributed by atoms with van der Waals surface area (Å²) in [6.07, 6.45) is 2.27. The maximum absolute atomic E-state index is 5.42. The Bertz CT molecular complexity index is 102. The first-order valence-corrected chi connectivity index (χ1v) is 4.32. The Morgan fingerprint density at radius 2 is 2.45 bits per heavy atom. The first kappa shape index (κ1) is 8.97. The largest absolute Gasteiger partial charge is 0.380 e. The van der Waals surface area contributed by atoms with Crippen LogP contribution >= 0.6 is 0 Å². The highest BCUT2D eigenvalue weighted by Gasteiger charge is 2.19. The molecular formula is C8H18N2O. The van der Waals surface area contributed by atoms with Gasteiger partial charge in [0.25, 0.3) is 0 Å². The summed E-state index contributed by atoms with van der Waals surface area (Å²) in [5.74, 6) is 0. The lowest BCUT2D eigenvalue weighted by Gasteiger charge is -2.22. The van der Waals surface area contributed by atoms with Crippen LogP contribution in [-0.2, 0) is 4.74 Å². The van der Waals surface area contributed by atoms with Gasteiger partial charge in [0.1, 0.15) is 0 Å². The van der Waals surface area contributed by atoms with Crippen LogP contribution < -0.4 is 5.73 Å². The fourth-order valence-corrected chi connectivity index (χ4v) is 1.39. The van der Waals surface area contributed by atoms with Gasteiger partial charge in [0.05, 0.1) is 6.61 Å². The normalized spacial score (nSPS) is 24.8. The molecule has 1 rings (SSSR count). The molecule has 1 unspecified atom stereocenters. The van der Waals surface area contributed by atoms with Crippen molar-refractivity contribution in [2.45, 2.75) is 18.9 Å². The van der Waals surface area contributed by atoms with E-state index in [1.807, 2.05) is 0 Å². The number of nitrogens with zero attached hydrogens (tertiary/aromatic N) is 1. The molecule has 0 aromatic heterocycles. The van der Waals surface area contributed by atoms with Crippen molar-refractivity contribution >= 4 is 0 Å². The fourth-order valence-electron chi connectivity index (χ4n) is 1.39. The molecule has 1 heterocycles. The van der Waals surface area contributed by atoms with Gasteiger partial charge in [0, 0.05) is 12.6 Å². The summed E-state index contributed by atoms with van der Waals surface area (Å²) in [4.78, 5) is 2.35. The number of rotatable bonds is 4. The third-order valence-electron chi connectivity index (χ3n) is 2.24. The minimum absolute atomic E-state index is 0.640. The molecule has 3 heteroatoms. The van der Waals surface area contributed by atoms with E-state index in [0.29, 0.717) is 6.04 Å². The van der Waals surface area contributed by atoms with E-state index in [-0.39, 0.29) is 0 Å². The second-order valence-electron chi connectivity index (χ2n) is 3.14.